The van der Waals surface area contributed by atoms with E-state index in [1.54, 1.807) is 6.92 Å². The first kappa shape index (κ1) is 10.9. The number of ether oxygens (including phenoxy) is 1. The Hall–Kier alpha value is -1.58. The third kappa shape index (κ3) is 1.64. The highest BCUT2D eigenvalue weighted by Gasteiger charge is 2.30. The van der Waals surface area contributed by atoms with Crippen molar-refractivity contribution in [3.8, 4) is 0 Å². The monoisotopic (exact) mass is 221 g/mol. The van der Waals surface area contributed by atoms with Crippen molar-refractivity contribution < 1.29 is 14.3 Å². The zero-order valence-electron chi connectivity index (χ0n) is 9.58. The molecule has 1 heterocycles. The van der Waals surface area contributed by atoms with Gasteiger partial charge in [0.1, 0.15) is 5.76 Å². The first-order valence-electron chi connectivity index (χ1n) is 5.45. The van der Waals surface area contributed by atoms with Gasteiger partial charge in [-0.25, -0.2) is 0 Å². The number of likely N-dealkylation sites (tertiary alicyclic amines) is 1. The highest BCUT2D eigenvalue weighted by molar-refractivity contribution is 6.48. The maximum absolute atomic E-state index is 11.5. The molecule has 4 nitrogen and oxygen atoms in total. The second kappa shape index (κ2) is 4.12. The number of ketones is 2. The van der Waals surface area contributed by atoms with Gasteiger partial charge in [-0.1, -0.05) is 0 Å². The highest BCUT2D eigenvalue weighted by Crippen LogP contribution is 2.27. The molecule has 2 rings (SSSR count). The summed E-state index contributed by atoms with van der Waals surface area (Å²) in [7, 11) is 1.53. The molecule has 0 aromatic carbocycles. The summed E-state index contributed by atoms with van der Waals surface area (Å²) in [5.74, 6) is -0.355. The summed E-state index contributed by atoms with van der Waals surface area (Å²) in [5.41, 5.74) is 1.18. The minimum absolute atomic E-state index is 0.414. The molecule has 0 unspecified atom stereocenters. The Morgan fingerprint density at radius 2 is 1.88 bits per heavy atom. The van der Waals surface area contributed by atoms with Gasteiger partial charge in [0.05, 0.1) is 12.8 Å². The maximum Gasteiger partial charge on any atom is 0.232 e. The SMILES string of the molecule is COC1=C(C)C(=O)C(=O)C=C1N1CCCC1. The van der Waals surface area contributed by atoms with Crippen LogP contribution >= 0.6 is 0 Å². The van der Waals surface area contributed by atoms with Gasteiger partial charge in [0.15, 0.2) is 0 Å². The molecule has 2 aliphatic rings. The van der Waals surface area contributed by atoms with Crippen molar-refractivity contribution in [2.45, 2.75) is 19.8 Å². The standard InChI is InChI=1S/C12H15NO3/c1-8-11(15)10(14)7-9(12(8)16-2)13-5-3-4-6-13/h7H,3-6H2,1-2H3. The van der Waals surface area contributed by atoms with Crippen molar-refractivity contribution in [2.24, 2.45) is 0 Å². The summed E-state index contributed by atoms with van der Waals surface area (Å²) < 4.78 is 5.24. The Balaban J connectivity index is 2.38. The van der Waals surface area contributed by atoms with Crippen LogP contribution in [0.5, 0.6) is 0 Å². The molecule has 0 aromatic rings. The molecule has 0 N–H and O–H groups in total. The van der Waals surface area contributed by atoms with Crippen LogP contribution in [0.4, 0.5) is 0 Å². The fraction of sp³-hybridized carbons (Fsp3) is 0.500. The van der Waals surface area contributed by atoms with Crippen molar-refractivity contribution in [2.75, 3.05) is 20.2 Å². The number of methoxy groups -OCH3 is 1. The number of allylic oxidation sites excluding steroid dienone is 2. The largest absolute Gasteiger partial charge is 0.494 e. The van der Waals surface area contributed by atoms with Crippen LogP contribution in [0.1, 0.15) is 19.8 Å². The van der Waals surface area contributed by atoms with Crippen LogP contribution in [0, 0.1) is 0 Å². The zero-order valence-corrected chi connectivity index (χ0v) is 9.58. The van der Waals surface area contributed by atoms with Gasteiger partial charge in [0.25, 0.3) is 0 Å². The van der Waals surface area contributed by atoms with E-state index in [0.717, 1.165) is 31.6 Å². The minimum Gasteiger partial charge on any atom is -0.494 e. The van der Waals surface area contributed by atoms with E-state index in [0.29, 0.717) is 11.3 Å². The number of Topliss-reactive ketones (excluding diaryl/α,β-unsaturated/α-hetero) is 1. The van der Waals surface area contributed by atoms with E-state index in [1.807, 2.05) is 0 Å². The van der Waals surface area contributed by atoms with Crippen LogP contribution in [0.25, 0.3) is 0 Å². The number of nitrogens with zero attached hydrogens (tertiary/aromatic N) is 1. The van der Waals surface area contributed by atoms with Crippen molar-refractivity contribution in [3.05, 3.63) is 23.1 Å². The molecular formula is C12H15NO3. The predicted octanol–water partition coefficient (Wildman–Crippen LogP) is 1.04. The number of hydrogen-bond donors (Lipinski definition) is 0. The average molecular weight is 221 g/mol. The quantitative estimate of drug-likeness (QED) is 0.516. The fourth-order valence-electron chi connectivity index (χ4n) is 2.19. The van der Waals surface area contributed by atoms with Crippen molar-refractivity contribution in [1.82, 2.24) is 4.90 Å². The lowest BCUT2D eigenvalue weighted by atomic mass is 9.99. The second-order valence-electron chi connectivity index (χ2n) is 4.08. The van der Waals surface area contributed by atoms with E-state index in [2.05, 4.69) is 4.90 Å². The van der Waals surface area contributed by atoms with E-state index in [-0.39, 0.29) is 0 Å². The first-order valence-corrected chi connectivity index (χ1v) is 5.45. The smallest absolute Gasteiger partial charge is 0.232 e. The van der Waals surface area contributed by atoms with Gasteiger partial charge in [0.2, 0.25) is 11.6 Å². The lowest BCUT2D eigenvalue weighted by Gasteiger charge is -2.26. The van der Waals surface area contributed by atoms with Crippen LogP contribution in [0.3, 0.4) is 0 Å². The molecule has 16 heavy (non-hydrogen) atoms. The normalized spacial score (nSPS) is 21.6. The fourth-order valence-corrected chi connectivity index (χ4v) is 2.19. The molecule has 0 amide bonds. The molecule has 1 fully saturated rings. The highest BCUT2D eigenvalue weighted by atomic mass is 16.5. The van der Waals surface area contributed by atoms with Crippen molar-refractivity contribution >= 4 is 11.6 Å². The number of carbonyl (C=O) groups excluding carboxylic acids is 2. The molecule has 1 aliphatic heterocycles. The van der Waals surface area contributed by atoms with Crippen LogP contribution in [-0.2, 0) is 14.3 Å². The van der Waals surface area contributed by atoms with Gasteiger partial charge in [-0.2, -0.15) is 0 Å². The van der Waals surface area contributed by atoms with Gasteiger partial charge >= 0.3 is 0 Å². The van der Waals surface area contributed by atoms with Gasteiger partial charge in [-0.3, -0.25) is 9.59 Å². The lowest BCUT2D eigenvalue weighted by Crippen LogP contribution is -2.29. The Morgan fingerprint density at radius 3 is 2.44 bits per heavy atom. The summed E-state index contributed by atoms with van der Waals surface area (Å²) in [6.07, 6.45) is 3.64. The molecule has 0 radical (unpaired) electrons. The Bertz CT molecular complexity index is 400. The van der Waals surface area contributed by atoms with E-state index in [4.69, 9.17) is 4.74 Å². The summed E-state index contributed by atoms with van der Waals surface area (Å²) >= 11 is 0. The van der Waals surface area contributed by atoms with Crippen LogP contribution in [0.15, 0.2) is 23.1 Å². The van der Waals surface area contributed by atoms with Crippen molar-refractivity contribution in [1.29, 1.82) is 0 Å². The van der Waals surface area contributed by atoms with Crippen LogP contribution < -0.4 is 0 Å². The third-order valence-electron chi connectivity index (χ3n) is 3.06. The Kier molecular flexibility index (Phi) is 2.81. The molecule has 86 valence electrons. The Labute approximate surface area is 94.6 Å². The topological polar surface area (TPSA) is 46.6 Å². The van der Waals surface area contributed by atoms with Crippen LogP contribution in [-0.4, -0.2) is 36.7 Å². The third-order valence-corrected chi connectivity index (χ3v) is 3.06. The van der Waals surface area contributed by atoms with Gasteiger partial charge in [-0.05, 0) is 19.8 Å². The van der Waals surface area contributed by atoms with E-state index >= 15 is 0 Å². The van der Waals surface area contributed by atoms with Gasteiger partial charge in [0, 0.05) is 24.7 Å². The summed E-state index contributed by atoms with van der Waals surface area (Å²) in [6, 6.07) is 0. The molecule has 1 saturated heterocycles. The van der Waals surface area contributed by atoms with Gasteiger partial charge < -0.3 is 9.64 Å². The second-order valence-corrected chi connectivity index (χ2v) is 4.08. The summed E-state index contributed by atoms with van der Waals surface area (Å²) in [5, 5.41) is 0. The molecule has 0 aromatic heterocycles. The van der Waals surface area contributed by atoms with E-state index in [9.17, 15) is 9.59 Å². The average Bonchev–Trinajstić information content (AvgIpc) is 2.79. The molecule has 1 aliphatic carbocycles. The molecule has 0 bridgehead atoms. The molecule has 0 atom stereocenters. The predicted molar refractivity (Wildman–Crippen MR) is 58.6 cm³/mol. The summed E-state index contributed by atoms with van der Waals surface area (Å²) in [4.78, 5) is 25.1. The minimum atomic E-state index is -0.459. The Morgan fingerprint density at radius 1 is 1.25 bits per heavy atom. The van der Waals surface area contributed by atoms with Crippen molar-refractivity contribution in [3.63, 3.8) is 0 Å². The molecule has 0 saturated carbocycles. The number of rotatable bonds is 2. The molecule has 4 heteroatoms. The van der Waals surface area contributed by atoms with E-state index < -0.39 is 11.6 Å². The number of hydrogen-bond acceptors (Lipinski definition) is 4. The maximum atomic E-state index is 11.5. The van der Waals surface area contributed by atoms with Gasteiger partial charge in [-0.15, -0.1) is 0 Å². The summed E-state index contributed by atoms with van der Waals surface area (Å²) in [6.45, 7) is 3.49. The zero-order chi connectivity index (χ0) is 11.7. The number of carbonyl (C=O) groups is 2. The van der Waals surface area contributed by atoms with Crippen LogP contribution in [0.2, 0.25) is 0 Å². The van der Waals surface area contributed by atoms with E-state index in [1.165, 1.54) is 13.2 Å². The molecular weight excluding hydrogens is 206 g/mol. The first-order chi connectivity index (χ1) is 7.65. The molecule has 0 spiro atoms. The lowest BCUT2D eigenvalue weighted by molar-refractivity contribution is -0.132.